The van der Waals surface area contributed by atoms with Crippen LogP contribution in [-0.4, -0.2) is 36.4 Å². The summed E-state index contributed by atoms with van der Waals surface area (Å²) < 4.78 is 26.5. The molecule has 0 spiro atoms. The van der Waals surface area contributed by atoms with E-state index in [0.29, 0.717) is 12.8 Å². The van der Waals surface area contributed by atoms with Crippen LogP contribution in [0.3, 0.4) is 0 Å². The average Bonchev–Trinajstić information content (AvgIpc) is 2.98. The van der Waals surface area contributed by atoms with Gasteiger partial charge in [-0.2, -0.15) is 4.31 Å². The predicted octanol–water partition coefficient (Wildman–Crippen LogP) is 2.28. The SMILES string of the molecule is CC(C)(C)c1ccc(S(=O)(=O)N2CCC[C@@H]2C(=O)O)s1. The third kappa shape index (κ3) is 2.75. The Kier molecular flexibility index (Phi) is 3.96. The number of aliphatic carboxylic acids is 1. The molecule has 0 amide bonds. The van der Waals surface area contributed by atoms with Crippen LogP contribution >= 0.6 is 11.3 Å². The Morgan fingerprint density at radius 1 is 1.40 bits per heavy atom. The number of thiophene rings is 1. The second-order valence-electron chi connectivity index (χ2n) is 5.98. The lowest BCUT2D eigenvalue weighted by Gasteiger charge is -2.20. The Hall–Kier alpha value is -0.920. The number of rotatable bonds is 3. The smallest absolute Gasteiger partial charge is 0.322 e. The van der Waals surface area contributed by atoms with Crippen molar-refractivity contribution in [1.82, 2.24) is 4.31 Å². The highest BCUT2D eigenvalue weighted by molar-refractivity contribution is 7.91. The van der Waals surface area contributed by atoms with Gasteiger partial charge < -0.3 is 5.11 Å². The first-order valence-corrected chi connectivity index (χ1v) is 8.74. The van der Waals surface area contributed by atoms with Crippen LogP contribution in [0.1, 0.15) is 38.5 Å². The quantitative estimate of drug-likeness (QED) is 0.928. The number of nitrogens with zero attached hydrogens (tertiary/aromatic N) is 1. The molecule has 0 saturated carbocycles. The zero-order valence-electron chi connectivity index (χ0n) is 11.8. The molecule has 1 atom stereocenters. The zero-order chi connectivity index (χ0) is 15.1. The van der Waals surface area contributed by atoms with E-state index < -0.39 is 22.0 Å². The van der Waals surface area contributed by atoms with Gasteiger partial charge in [0.2, 0.25) is 0 Å². The van der Waals surface area contributed by atoms with Gasteiger partial charge in [-0.05, 0) is 30.4 Å². The highest BCUT2D eigenvalue weighted by Crippen LogP contribution is 2.35. The van der Waals surface area contributed by atoms with Crippen molar-refractivity contribution < 1.29 is 18.3 Å². The number of hydrogen-bond acceptors (Lipinski definition) is 4. The molecule has 1 aliphatic heterocycles. The molecule has 0 aliphatic carbocycles. The molecule has 0 unspecified atom stereocenters. The van der Waals surface area contributed by atoms with E-state index in [2.05, 4.69) is 0 Å². The Balaban J connectivity index is 2.36. The summed E-state index contributed by atoms with van der Waals surface area (Å²) in [5.41, 5.74) is -0.115. The fraction of sp³-hybridized carbons (Fsp3) is 0.615. The minimum absolute atomic E-state index is 0.115. The number of carbonyl (C=O) groups is 1. The Morgan fingerprint density at radius 2 is 2.05 bits per heavy atom. The summed E-state index contributed by atoms with van der Waals surface area (Å²) in [4.78, 5) is 12.1. The van der Waals surface area contributed by atoms with E-state index in [4.69, 9.17) is 5.11 Å². The number of sulfonamides is 1. The molecule has 2 heterocycles. The monoisotopic (exact) mass is 317 g/mol. The molecule has 1 aliphatic rings. The van der Waals surface area contributed by atoms with Crippen LogP contribution < -0.4 is 0 Å². The van der Waals surface area contributed by atoms with Gasteiger partial charge in [0.25, 0.3) is 10.0 Å². The van der Waals surface area contributed by atoms with Crippen molar-refractivity contribution in [3.05, 3.63) is 17.0 Å². The summed E-state index contributed by atoms with van der Waals surface area (Å²) in [6.07, 6.45) is 0.972. The lowest BCUT2D eigenvalue weighted by Crippen LogP contribution is -2.40. The van der Waals surface area contributed by atoms with Gasteiger partial charge in [-0.3, -0.25) is 4.79 Å². The van der Waals surface area contributed by atoms with Gasteiger partial charge in [0.15, 0.2) is 0 Å². The Bertz CT molecular complexity index is 613. The van der Waals surface area contributed by atoms with Crippen molar-refractivity contribution >= 4 is 27.3 Å². The normalized spacial score (nSPS) is 21.2. The van der Waals surface area contributed by atoms with Crippen LogP contribution in [0.5, 0.6) is 0 Å². The van der Waals surface area contributed by atoms with Gasteiger partial charge in [-0.1, -0.05) is 20.8 Å². The van der Waals surface area contributed by atoms with Gasteiger partial charge in [-0.25, -0.2) is 8.42 Å². The summed E-state index contributed by atoms with van der Waals surface area (Å²) in [5, 5.41) is 9.13. The summed E-state index contributed by atoms with van der Waals surface area (Å²) in [5.74, 6) is -1.07. The molecule has 112 valence electrons. The molecule has 1 N–H and O–H groups in total. The van der Waals surface area contributed by atoms with Crippen LogP contribution in [0, 0.1) is 0 Å². The molecule has 1 aromatic heterocycles. The summed E-state index contributed by atoms with van der Waals surface area (Å²) in [7, 11) is -3.70. The molecular formula is C13H19NO4S2. The number of carboxylic acids is 1. The lowest BCUT2D eigenvalue weighted by atomic mass is 9.95. The minimum atomic E-state index is -3.70. The Labute approximate surface area is 123 Å². The van der Waals surface area contributed by atoms with Gasteiger partial charge in [0.05, 0.1) is 0 Å². The van der Waals surface area contributed by atoms with Crippen LogP contribution in [0.25, 0.3) is 0 Å². The van der Waals surface area contributed by atoms with Gasteiger partial charge in [0.1, 0.15) is 10.3 Å². The second-order valence-corrected chi connectivity index (χ2v) is 9.18. The van der Waals surface area contributed by atoms with E-state index in [0.717, 1.165) is 9.18 Å². The maximum Gasteiger partial charge on any atom is 0.322 e. The second kappa shape index (κ2) is 5.13. The topological polar surface area (TPSA) is 74.7 Å². The van der Waals surface area contributed by atoms with Gasteiger partial charge in [-0.15, -0.1) is 11.3 Å². The first kappa shape index (κ1) is 15.5. The summed E-state index contributed by atoms with van der Waals surface area (Å²) in [6.45, 7) is 6.34. The van der Waals surface area contributed by atoms with E-state index >= 15 is 0 Å². The van der Waals surface area contributed by atoms with Crippen LogP contribution in [0.4, 0.5) is 0 Å². The molecule has 5 nitrogen and oxygen atoms in total. The lowest BCUT2D eigenvalue weighted by molar-refractivity contribution is -0.140. The van der Waals surface area contributed by atoms with Crippen molar-refractivity contribution in [3.63, 3.8) is 0 Å². The molecule has 1 fully saturated rings. The highest BCUT2D eigenvalue weighted by Gasteiger charge is 2.40. The molecule has 1 aromatic rings. The third-order valence-corrected chi connectivity index (χ3v) is 7.26. The summed E-state index contributed by atoms with van der Waals surface area (Å²) >= 11 is 1.22. The maximum absolute atomic E-state index is 12.6. The largest absolute Gasteiger partial charge is 0.480 e. The van der Waals surface area contributed by atoms with Crippen molar-refractivity contribution in [2.24, 2.45) is 0 Å². The first-order valence-electron chi connectivity index (χ1n) is 6.49. The molecule has 0 aromatic carbocycles. The van der Waals surface area contributed by atoms with Crippen LogP contribution in [0.2, 0.25) is 0 Å². The van der Waals surface area contributed by atoms with Crippen molar-refractivity contribution in [1.29, 1.82) is 0 Å². The van der Waals surface area contributed by atoms with Crippen molar-refractivity contribution in [2.45, 2.75) is 49.3 Å². The maximum atomic E-state index is 12.6. The standard InChI is InChI=1S/C13H19NO4S2/c1-13(2,3)10-6-7-11(19-10)20(17,18)14-8-4-5-9(14)12(15)16/h6-7,9H,4-5,8H2,1-3H3,(H,15,16)/t9-/m1/s1. The number of hydrogen-bond donors (Lipinski definition) is 1. The van der Waals surface area contributed by atoms with E-state index in [9.17, 15) is 13.2 Å². The number of carboxylic acid groups (broad SMARTS) is 1. The molecule has 0 bridgehead atoms. The average molecular weight is 317 g/mol. The van der Waals surface area contributed by atoms with Crippen molar-refractivity contribution in [3.8, 4) is 0 Å². The summed E-state index contributed by atoms with van der Waals surface area (Å²) in [6, 6.07) is 2.46. The molecule has 1 saturated heterocycles. The van der Waals surface area contributed by atoms with Crippen LogP contribution in [0.15, 0.2) is 16.3 Å². The van der Waals surface area contributed by atoms with Crippen LogP contribution in [-0.2, 0) is 20.2 Å². The van der Waals surface area contributed by atoms with E-state index in [1.165, 1.54) is 11.3 Å². The van der Waals surface area contributed by atoms with E-state index in [1.807, 2.05) is 26.8 Å². The molecule has 7 heteroatoms. The van der Waals surface area contributed by atoms with Crippen molar-refractivity contribution in [2.75, 3.05) is 6.54 Å². The molecular weight excluding hydrogens is 298 g/mol. The highest BCUT2D eigenvalue weighted by atomic mass is 32.2. The van der Waals surface area contributed by atoms with E-state index in [-0.39, 0.29) is 16.2 Å². The molecule has 2 rings (SSSR count). The minimum Gasteiger partial charge on any atom is -0.480 e. The predicted molar refractivity (Wildman–Crippen MR) is 77.6 cm³/mol. The molecule has 0 radical (unpaired) electrons. The van der Waals surface area contributed by atoms with Gasteiger partial charge >= 0.3 is 5.97 Å². The zero-order valence-corrected chi connectivity index (χ0v) is 13.4. The third-order valence-electron chi connectivity index (χ3n) is 3.37. The fourth-order valence-corrected chi connectivity index (χ4v) is 5.40. The van der Waals surface area contributed by atoms with Gasteiger partial charge in [0, 0.05) is 11.4 Å². The van der Waals surface area contributed by atoms with E-state index in [1.54, 1.807) is 6.07 Å². The Morgan fingerprint density at radius 3 is 2.55 bits per heavy atom. The fourth-order valence-electron chi connectivity index (χ4n) is 2.25. The molecule has 20 heavy (non-hydrogen) atoms. The first-order chi connectivity index (χ1) is 9.14.